The van der Waals surface area contributed by atoms with E-state index < -0.39 is 0 Å². The van der Waals surface area contributed by atoms with Crippen molar-refractivity contribution in [1.82, 2.24) is 0 Å². The highest BCUT2D eigenvalue weighted by molar-refractivity contribution is 5.43. The molecule has 4 heteroatoms. The number of allylic oxidation sites excluding steroid dienone is 1. The second-order valence-corrected chi connectivity index (χ2v) is 3.79. The van der Waals surface area contributed by atoms with E-state index in [1.54, 1.807) is 30.3 Å². The summed E-state index contributed by atoms with van der Waals surface area (Å²) in [4.78, 5) is 0. The maximum absolute atomic E-state index is 9.21. The van der Waals surface area contributed by atoms with Gasteiger partial charge in [0.25, 0.3) is 0 Å². The maximum Gasteiger partial charge on any atom is 0.122 e. The summed E-state index contributed by atoms with van der Waals surface area (Å²) in [6.07, 6.45) is 2.12. The Hall–Kier alpha value is -2.62. The molecule has 0 aromatic heterocycles. The molecule has 0 bridgehead atoms. The topological polar surface area (TPSA) is 80.9 Å². The lowest BCUT2D eigenvalue weighted by Gasteiger charge is -2.02. The predicted molar refractivity (Wildman–Crippen MR) is 73.4 cm³/mol. The van der Waals surface area contributed by atoms with E-state index >= 15 is 0 Å². The van der Waals surface area contributed by atoms with Crippen molar-refractivity contribution >= 4 is 0 Å². The van der Waals surface area contributed by atoms with E-state index in [0.717, 1.165) is 0 Å². The van der Waals surface area contributed by atoms with Crippen LogP contribution in [0.15, 0.2) is 55.1 Å². The average Bonchev–Trinajstić information content (AvgIpc) is 2.34. The second-order valence-electron chi connectivity index (χ2n) is 3.79. The molecule has 0 amide bonds. The van der Waals surface area contributed by atoms with Crippen LogP contribution in [0.1, 0.15) is 5.56 Å². The summed E-state index contributed by atoms with van der Waals surface area (Å²) in [5.74, 6) is 0.407. The lowest BCUT2D eigenvalue weighted by atomic mass is 10.1. The van der Waals surface area contributed by atoms with E-state index in [1.807, 2.05) is 0 Å². The van der Waals surface area contributed by atoms with Gasteiger partial charge in [0.1, 0.15) is 23.0 Å². The fourth-order valence-corrected chi connectivity index (χ4v) is 1.41. The minimum atomic E-state index is 0.0880. The lowest BCUT2D eigenvalue weighted by Crippen LogP contribution is -1.82. The lowest BCUT2D eigenvalue weighted by molar-refractivity contribution is 0.441. The van der Waals surface area contributed by atoms with Crippen LogP contribution >= 0.6 is 0 Å². The SMILES string of the molecule is C=CCc1c(O)cccc1O.Oc1cccc(O)c1. The third kappa shape index (κ3) is 4.63. The summed E-state index contributed by atoms with van der Waals surface area (Å²) in [7, 11) is 0. The molecule has 19 heavy (non-hydrogen) atoms. The Morgan fingerprint density at radius 1 is 0.842 bits per heavy atom. The van der Waals surface area contributed by atoms with Gasteiger partial charge in [-0.15, -0.1) is 6.58 Å². The van der Waals surface area contributed by atoms with Crippen LogP contribution in [-0.2, 0) is 6.42 Å². The van der Waals surface area contributed by atoms with Crippen LogP contribution in [-0.4, -0.2) is 20.4 Å². The molecule has 2 aromatic carbocycles. The molecule has 0 aliphatic heterocycles. The molecule has 0 aliphatic rings. The molecule has 100 valence electrons. The highest BCUT2D eigenvalue weighted by Gasteiger charge is 2.02. The molecule has 2 aromatic rings. The van der Waals surface area contributed by atoms with Crippen molar-refractivity contribution in [2.45, 2.75) is 6.42 Å². The molecular formula is C15H16O4. The van der Waals surface area contributed by atoms with E-state index in [1.165, 1.54) is 18.2 Å². The fraction of sp³-hybridized carbons (Fsp3) is 0.0667. The monoisotopic (exact) mass is 260 g/mol. The van der Waals surface area contributed by atoms with Crippen LogP contribution < -0.4 is 0 Å². The Morgan fingerprint density at radius 3 is 1.68 bits per heavy atom. The molecule has 0 heterocycles. The third-order valence-corrected chi connectivity index (χ3v) is 2.30. The van der Waals surface area contributed by atoms with E-state index in [0.29, 0.717) is 12.0 Å². The van der Waals surface area contributed by atoms with Crippen molar-refractivity contribution in [3.63, 3.8) is 0 Å². The number of rotatable bonds is 2. The van der Waals surface area contributed by atoms with E-state index in [2.05, 4.69) is 6.58 Å². The standard InChI is InChI=1S/C9H10O2.C6H6O2/c1-2-4-7-8(10)5-3-6-9(7)11;7-5-2-1-3-6(8)4-5/h2-3,5-6,10-11H,1,4H2;1-4,7-8H. The van der Waals surface area contributed by atoms with Crippen molar-refractivity contribution in [2.24, 2.45) is 0 Å². The first-order chi connectivity index (χ1) is 9.04. The number of hydrogen-bond acceptors (Lipinski definition) is 4. The summed E-state index contributed by atoms with van der Waals surface area (Å²) < 4.78 is 0. The van der Waals surface area contributed by atoms with Crippen LogP contribution in [0.25, 0.3) is 0 Å². The number of hydrogen-bond donors (Lipinski definition) is 4. The van der Waals surface area contributed by atoms with Crippen LogP contribution in [0.3, 0.4) is 0 Å². The van der Waals surface area contributed by atoms with Gasteiger partial charge < -0.3 is 20.4 Å². The van der Waals surface area contributed by atoms with Gasteiger partial charge >= 0.3 is 0 Å². The Bertz CT molecular complexity index is 512. The Kier molecular flexibility index (Phi) is 5.29. The highest BCUT2D eigenvalue weighted by Crippen LogP contribution is 2.26. The molecule has 0 atom stereocenters. The number of benzene rings is 2. The van der Waals surface area contributed by atoms with Crippen molar-refractivity contribution in [1.29, 1.82) is 0 Å². The number of phenolic OH excluding ortho intramolecular Hbond substituents is 4. The van der Waals surface area contributed by atoms with Crippen LogP contribution in [0.5, 0.6) is 23.0 Å². The molecule has 4 nitrogen and oxygen atoms in total. The smallest absolute Gasteiger partial charge is 0.122 e. The minimum Gasteiger partial charge on any atom is -0.508 e. The molecule has 0 fully saturated rings. The highest BCUT2D eigenvalue weighted by atomic mass is 16.3. The van der Waals surface area contributed by atoms with Crippen molar-refractivity contribution in [3.8, 4) is 23.0 Å². The average molecular weight is 260 g/mol. The molecule has 0 radical (unpaired) electrons. The quantitative estimate of drug-likeness (QED) is 0.626. The zero-order chi connectivity index (χ0) is 14.3. The number of phenols is 4. The first-order valence-corrected chi connectivity index (χ1v) is 5.63. The Balaban J connectivity index is 0.000000200. The first-order valence-electron chi connectivity index (χ1n) is 5.63. The van der Waals surface area contributed by atoms with Gasteiger partial charge in [-0.1, -0.05) is 18.2 Å². The van der Waals surface area contributed by atoms with Gasteiger partial charge in [-0.2, -0.15) is 0 Å². The Labute approximate surface area is 111 Å². The molecule has 0 saturated carbocycles. The van der Waals surface area contributed by atoms with Crippen LogP contribution in [0.4, 0.5) is 0 Å². The summed E-state index contributed by atoms with van der Waals surface area (Å²) in [6.45, 7) is 3.52. The van der Waals surface area contributed by atoms with Gasteiger partial charge in [0.05, 0.1) is 0 Å². The van der Waals surface area contributed by atoms with Gasteiger partial charge in [0.2, 0.25) is 0 Å². The number of aromatic hydroxyl groups is 4. The summed E-state index contributed by atoms with van der Waals surface area (Å²) in [6, 6.07) is 10.5. The molecule has 4 N–H and O–H groups in total. The molecule has 0 unspecified atom stereocenters. The molecule has 0 spiro atoms. The van der Waals surface area contributed by atoms with Crippen molar-refractivity contribution < 1.29 is 20.4 Å². The molecular weight excluding hydrogens is 244 g/mol. The van der Waals surface area contributed by atoms with Gasteiger partial charge in [0.15, 0.2) is 0 Å². The summed E-state index contributed by atoms with van der Waals surface area (Å²) >= 11 is 0. The van der Waals surface area contributed by atoms with Crippen LogP contribution in [0.2, 0.25) is 0 Å². The molecule has 2 rings (SSSR count). The second kappa shape index (κ2) is 6.96. The molecule has 0 saturated heterocycles. The van der Waals surface area contributed by atoms with E-state index in [4.69, 9.17) is 10.2 Å². The largest absolute Gasteiger partial charge is 0.508 e. The van der Waals surface area contributed by atoms with Gasteiger partial charge in [-0.3, -0.25) is 0 Å². The zero-order valence-electron chi connectivity index (χ0n) is 10.3. The molecule has 0 aliphatic carbocycles. The van der Waals surface area contributed by atoms with E-state index in [9.17, 15) is 10.2 Å². The fourth-order valence-electron chi connectivity index (χ4n) is 1.41. The predicted octanol–water partition coefficient (Wildman–Crippen LogP) is 2.92. The zero-order valence-corrected chi connectivity index (χ0v) is 10.3. The normalized spacial score (nSPS) is 9.26. The maximum atomic E-state index is 9.21. The van der Waals surface area contributed by atoms with Gasteiger partial charge in [0, 0.05) is 11.6 Å². The summed E-state index contributed by atoms with van der Waals surface area (Å²) in [5.41, 5.74) is 0.530. The van der Waals surface area contributed by atoms with E-state index in [-0.39, 0.29) is 23.0 Å². The third-order valence-electron chi connectivity index (χ3n) is 2.30. The minimum absolute atomic E-state index is 0.0880. The van der Waals surface area contributed by atoms with Crippen molar-refractivity contribution in [2.75, 3.05) is 0 Å². The van der Waals surface area contributed by atoms with Gasteiger partial charge in [-0.25, -0.2) is 0 Å². The van der Waals surface area contributed by atoms with Crippen molar-refractivity contribution in [3.05, 3.63) is 60.7 Å². The Morgan fingerprint density at radius 2 is 1.32 bits per heavy atom. The van der Waals surface area contributed by atoms with Crippen LogP contribution in [0, 0.1) is 0 Å². The summed E-state index contributed by atoms with van der Waals surface area (Å²) in [5, 5.41) is 35.7. The first kappa shape index (κ1) is 14.4. The van der Waals surface area contributed by atoms with Gasteiger partial charge in [-0.05, 0) is 30.7 Å².